The molecule has 1 N–H and O–H groups in total. The van der Waals surface area contributed by atoms with E-state index in [1.54, 1.807) is 0 Å². The summed E-state index contributed by atoms with van der Waals surface area (Å²) in [5.74, 6) is -0.872. The van der Waals surface area contributed by atoms with Gasteiger partial charge < -0.3 is 14.6 Å². The molecule has 1 heterocycles. The molecule has 1 fully saturated rings. The Morgan fingerprint density at radius 1 is 1.69 bits per heavy atom. The maximum Gasteiger partial charge on any atom is 0.332 e. The number of morpholine rings is 1. The van der Waals surface area contributed by atoms with E-state index in [0.717, 1.165) is 26.2 Å². The standard InChI is InChI=1S/C11H21NO4/c1-3-15-10(11(13)14)4-5-12-6-7-16-9(2)8-12/h9-10H,3-8H2,1-2H3,(H,13,14). The molecule has 16 heavy (non-hydrogen) atoms. The number of carbonyl (C=O) groups is 1. The van der Waals surface area contributed by atoms with Gasteiger partial charge in [0.05, 0.1) is 12.7 Å². The zero-order chi connectivity index (χ0) is 12.0. The molecule has 5 heteroatoms. The molecular weight excluding hydrogens is 210 g/mol. The Morgan fingerprint density at radius 2 is 2.44 bits per heavy atom. The average molecular weight is 231 g/mol. The highest BCUT2D eigenvalue weighted by Crippen LogP contribution is 2.07. The molecule has 1 saturated heterocycles. The number of ether oxygens (including phenoxy) is 2. The van der Waals surface area contributed by atoms with Crippen LogP contribution in [0.5, 0.6) is 0 Å². The third-order valence-electron chi connectivity index (χ3n) is 2.68. The summed E-state index contributed by atoms with van der Waals surface area (Å²) in [6.07, 6.45) is 0.0999. The fourth-order valence-corrected chi connectivity index (χ4v) is 1.87. The van der Waals surface area contributed by atoms with Gasteiger partial charge in [-0.2, -0.15) is 0 Å². The lowest BCUT2D eigenvalue weighted by molar-refractivity contribution is -0.150. The van der Waals surface area contributed by atoms with Crippen molar-refractivity contribution in [3.63, 3.8) is 0 Å². The molecule has 0 aliphatic carbocycles. The summed E-state index contributed by atoms with van der Waals surface area (Å²) in [6.45, 7) is 7.52. The van der Waals surface area contributed by atoms with Crippen LogP contribution in [0.15, 0.2) is 0 Å². The van der Waals surface area contributed by atoms with Crippen LogP contribution in [0.2, 0.25) is 0 Å². The summed E-state index contributed by atoms with van der Waals surface area (Å²) in [6, 6.07) is 0. The van der Waals surface area contributed by atoms with E-state index >= 15 is 0 Å². The lowest BCUT2D eigenvalue weighted by Gasteiger charge is -2.31. The molecule has 94 valence electrons. The van der Waals surface area contributed by atoms with E-state index in [2.05, 4.69) is 4.90 Å². The van der Waals surface area contributed by atoms with Gasteiger partial charge in [-0.3, -0.25) is 4.90 Å². The second kappa shape index (κ2) is 6.83. The number of hydrogen-bond donors (Lipinski definition) is 1. The van der Waals surface area contributed by atoms with Gasteiger partial charge in [-0.1, -0.05) is 0 Å². The van der Waals surface area contributed by atoms with Crippen molar-refractivity contribution < 1.29 is 19.4 Å². The van der Waals surface area contributed by atoms with E-state index in [9.17, 15) is 4.79 Å². The van der Waals surface area contributed by atoms with Crippen molar-refractivity contribution in [3.8, 4) is 0 Å². The second-order valence-electron chi connectivity index (χ2n) is 4.05. The molecule has 0 bridgehead atoms. The summed E-state index contributed by atoms with van der Waals surface area (Å²) in [7, 11) is 0. The Kier molecular flexibility index (Phi) is 5.73. The molecule has 0 aromatic rings. The van der Waals surface area contributed by atoms with Crippen LogP contribution in [-0.2, 0) is 14.3 Å². The highest BCUT2D eigenvalue weighted by molar-refractivity contribution is 5.72. The predicted octanol–water partition coefficient (Wildman–Crippen LogP) is 0.587. The summed E-state index contributed by atoms with van der Waals surface area (Å²) in [5, 5.41) is 8.92. The Balaban J connectivity index is 2.28. The van der Waals surface area contributed by atoms with Crippen LogP contribution in [0.25, 0.3) is 0 Å². The molecule has 1 aliphatic heterocycles. The molecule has 0 aromatic heterocycles. The minimum atomic E-state index is -0.872. The van der Waals surface area contributed by atoms with E-state index < -0.39 is 12.1 Å². The van der Waals surface area contributed by atoms with Crippen molar-refractivity contribution in [2.24, 2.45) is 0 Å². The minimum Gasteiger partial charge on any atom is -0.479 e. The number of nitrogens with zero attached hydrogens (tertiary/aromatic N) is 1. The van der Waals surface area contributed by atoms with Gasteiger partial charge in [-0.15, -0.1) is 0 Å². The number of carboxylic acid groups (broad SMARTS) is 1. The van der Waals surface area contributed by atoms with Gasteiger partial charge in [0, 0.05) is 26.2 Å². The van der Waals surface area contributed by atoms with Crippen LogP contribution in [-0.4, -0.2) is 61.0 Å². The van der Waals surface area contributed by atoms with Crippen molar-refractivity contribution in [2.75, 3.05) is 32.8 Å². The van der Waals surface area contributed by atoms with Crippen LogP contribution in [0.4, 0.5) is 0 Å². The number of carboxylic acids is 1. The first-order valence-electron chi connectivity index (χ1n) is 5.81. The third-order valence-corrected chi connectivity index (χ3v) is 2.68. The van der Waals surface area contributed by atoms with Crippen molar-refractivity contribution in [1.29, 1.82) is 0 Å². The molecule has 2 unspecified atom stereocenters. The highest BCUT2D eigenvalue weighted by atomic mass is 16.5. The predicted molar refractivity (Wildman–Crippen MR) is 59.5 cm³/mol. The number of hydrogen-bond acceptors (Lipinski definition) is 4. The van der Waals surface area contributed by atoms with E-state index in [1.807, 2.05) is 13.8 Å². The maximum atomic E-state index is 10.9. The minimum absolute atomic E-state index is 0.240. The molecule has 0 spiro atoms. The Morgan fingerprint density at radius 3 is 3.00 bits per heavy atom. The molecule has 2 atom stereocenters. The summed E-state index contributed by atoms with van der Waals surface area (Å²) < 4.78 is 10.6. The van der Waals surface area contributed by atoms with Gasteiger partial charge in [0.2, 0.25) is 0 Å². The first kappa shape index (κ1) is 13.4. The summed E-state index contributed by atoms with van der Waals surface area (Å²) in [4.78, 5) is 13.1. The normalized spacial score (nSPS) is 24.2. The molecule has 1 aliphatic rings. The van der Waals surface area contributed by atoms with Crippen molar-refractivity contribution >= 4 is 5.97 Å². The van der Waals surface area contributed by atoms with Gasteiger partial charge in [0.15, 0.2) is 6.10 Å². The van der Waals surface area contributed by atoms with Gasteiger partial charge in [0.25, 0.3) is 0 Å². The smallest absolute Gasteiger partial charge is 0.332 e. The van der Waals surface area contributed by atoms with Gasteiger partial charge in [0.1, 0.15) is 0 Å². The number of aliphatic carboxylic acids is 1. The summed E-state index contributed by atoms with van der Waals surface area (Å²) in [5.41, 5.74) is 0. The Bertz CT molecular complexity index is 222. The topological polar surface area (TPSA) is 59.0 Å². The van der Waals surface area contributed by atoms with Crippen LogP contribution in [0.3, 0.4) is 0 Å². The maximum absolute atomic E-state index is 10.9. The van der Waals surface area contributed by atoms with Crippen LogP contribution in [0, 0.1) is 0 Å². The lowest BCUT2D eigenvalue weighted by Crippen LogP contribution is -2.42. The second-order valence-corrected chi connectivity index (χ2v) is 4.05. The number of rotatable bonds is 6. The van der Waals surface area contributed by atoms with E-state index in [4.69, 9.17) is 14.6 Å². The fourth-order valence-electron chi connectivity index (χ4n) is 1.87. The zero-order valence-corrected chi connectivity index (χ0v) is 10.0. The molecule has 0 saturated carbocycles. The van der Waals surface area contributed by atoms with Crippen molar-refractivity contribution in [1.82, 2.24) is 4.90 Å². The van der Waals surface area contributed by atoms with E-state index in [0.29, 0.717) is 13.0 Å². The van der Waals surface area contributed by atoms with E-state index in [1.165, 1.54) is 0 Å². The van der Waals surface area contributed by atoms with E-state index in [-0.39, 0.29) is 6.10 Å². The van der Waals surface area contributed by atoms with Crippen LogP contribution in [0.1, 0.15) is 20.3 Å². The SMILES string of the molecule is CCOC(CCN1CCOC(C)C1)C(=O)O. The monoisotopic (exact) mass is 231 g/mol. The largest absolute Gasteiger partial charge is 0.479 e. The Hall–Kier alpha value is -0.650. The molecule has 1 rings (SSSR count). The molecule has 0 radical (unpaired) electrons. The highest BCUT2D eigenvalue weighted by Gasteiger charge is 2.21. The first-order valence-corrected chi connectivity index (χ1v) is 5.81. The van der Waals surface area contributed by atoms with Gasteiger partial charge >= 0.3 is 5.97 Å². The fraction of sp³-hybridized carbons (Fsp3) is 0.909. The molecule has 0 amide bonds. The molecular formula is C11H21NO4. The molecule has 0 aromatic carbocycles. The van der Waals surface area contributed by atoms with Crippen LogP contribution < -0.4 is 0 Å². The average Bonchev–Trinajstić information content (AvgIpc) is 2.24. The third kappa shape index (κ3) is 4.47. The molecule has 5 nitrogen and oxygen atoms in total. The quantitative estimate of drug-likeness (QED) is 0.725. The Labute approximate surface area is 96.3 Å². The van der Waals surface area contributed by atoms with Crippen LogP contribution >= 0.6 is 0 Å². The van der Waals surface area contributed by atoms with Crippen molar-refractivity contribution in [2.45, 2.75) is 32.5 Å². The summed E-state index contributed by atoms with van der Waals surface area (Å²) >= 11 is 0. The first-order chi connectivity index (χ1) is 7.63. The van der Waals surface area contributed by atoms with Gasteiger partial charge in [-0.25, -0.2) is 4.79 Å². The lowest BCUT2D eigenvalue weighted by atomic mass is 10.2. The zero-order valence-electron chi connectivity index (χ0n) is 10.0. The van der Waals surface area contributed by atoms with Crippen molar-refractivity contribution in [3.05, 3.63) is 0 Å². The van der Waals surface area contributed by atoms with Gasteiger partial charge in [-0.05, 0) is 20.3 Å².